The van der Waals surface area contributed by atoms with E-state index in [-0.39, 0.29) is 12.1 Å². The summed E-state index contributed by atoms with van der Waals surface area (Å²) in [5.74, 6) is 0.857. The monoisotopic (exact) mass is 185 g/mol. The molecular weight excluding hydrogens is 166 g/mol. The van der Waals surface area contributed by atoms with Crippen LogP contribution in [0.15, 0.2) is 0 Å². The van der Waals surface area contributed by atoms with Crippen molar-refractivity contribution in [3.8, 4) is 0 Å². The van der Waals surface area contributed by atoms with Crippen LogP contribution in [0.2, 0.25) is 0 Å². The topological polar surface area (TPSA) is 32.7 Å². The predicted octanol–water partition coefficient (Wildman–Crippen LogP) is 0.478. The molecule has 13 heavy (non-hydrogen) atoms. The zero-order valence-corrected chi connectivity index (χ0v) is 8.28. The van der Waals surface area contributed by atoms with Gasteiger partial charge < -0.3 is 9.84 Å². The van der Waals surface area contributed by atoms with E-state index < -0.39 is 0 Å². The molecule has 2 aliphatic heterocycles. The Hall–Kier alpha value is -0.120. The van der Waals surface area contributed by atoms with E-state index >= 15 is 0 Å². The average molecular weight is 185 g/mol. The van der Waals surface area contributed by atoms with Gasteiger partial charge in [0.2, 0.25) is 0 Å². The maximum Gasteiger partial charge on any atom is 0.0950 e. The maximum absolute atomic E-state index is 9.64. The summed E-state index contributed by atoms with van der Waals surface area (Å²) in [5, 5.41) is 9.64. The van der Waals surface area contributed by atoms with Gasteiger partial charge in [-0.25, -0.2) is 0 Å². The number of likely N-dealkylation sites (tertiary alicyclic amines) is 1. The predicted molar refractivity (Wildman–Crippen MR) is 50.6 cm³/mol. The molecule has 2 fully saturated rings. The number of aliphatic hydroxyl groups excluding tert-OH is 1. The van der Waals surface area contributed by atoms with Gasteiger partial charge in [0.05, 0.1) is 25.4 Å². The van der Waals surface area contributed by atoms with Crippen LogP contribution in [-0.2, 0) is 4.74 Å². The highest BCUT2D eigenvalue weighted by atomic mass is 16.5. The molecule has 0 spiro atoms. The molecule has 0 aromatic rings. The Bertz CT molecular complexity index is 166. The van der Waals surface area contributed by atoms with Crippen molar-refractivity contribution in [3.63, 3.8) is 0 Å². The number of nitrogens with zero attached hydrogens (tertiary/aromatic N) is 1. The van der Waals surface area contributed by atoms with Crippen molar-refractivity contribution in [1.29, 1.82) is 0 Å². The average Bonchev–Trinajstić information content (AvgIpc) is 2.53. The smallest absolute Gasteiger partial charge is 0.0950 e. The number of hydrogen-bond acceptors (Lipinski definition) is 3. The van der Waals surface area contributed by atoms with Crippen LogP contribution >= 0.6 is 0 Å². The fraction of sp³-hybridized carbons (Fsp3) is 1.00. The van der Waals surface area contributed by atoms with E-state index in [4.69, 9.17) is 4.74 Å². The Morgan fingerprint density at radius 2 is 1.92 bits per heavy atom. The molecule has 2 rings (SSSR count). The van der Waals surface area contributed by atoms with Crippen LogP contribution in [0.3, 0.4) is 0 Å². The van der Waals surface area contributed by atoms with Gasteiger partial charge in [-0.3, -0.25) is 4.90 Å². The molecule has 0 radical (unpaired) electrons. The molecule has 1 unspecified atom stereocenters. The highest BCUT2D eigenvalue weighted by molar-refractivity contribution is 4.85. The molecule has 0 aromatic heterocycles. The second-order valence-corrected chi connectivity index (χ2v) is 4.39. The normalized spacial score (nSPS) is 38.3. The largest absolute Gasteiger partial charge is 0.389 e. The third-order valence-electron chi connectivity index (χ3n) is 3.31. The molecule has 76 valence electrons. The summed E-state index contributed by atoms with van der Waals surface area (Å²) in [6.07, 6.45) is 2.28. The molecule has 2 aliphatic rings. The first-order valence-corrected chi connectivity index (χ1v) is 5.27. The summed E-state index contributed by atoms with van der Waals surface area (Å²) in [7, 11) is 0. The van der Waals surface area contributed by atoms with Crippen molar-refractivity contribution in [2.45, 2.75) is 31.9 Å². The van der Waals surface area contributed by atoms with Gasteiger partial charge in [0.15, 0.2) is 0 Å². The van der Waals surface area contributed by atoms with Crippen LogP contribution in [0.1, 0.15) is 19.8 Å². The molecule has 2 atom stereocenters. The fourth-order valence-corrected chi connectivity index (χ4v) is 2.24. The Kier molecular flexibility index (Phi) is 2.86. The molecule has 1 N–H and O–H groups in total. The molecule has 0 saturated carbocycles. The van der Waals surface area contributed by atoms with Crippen molar-refractivity contribution in [2.75, 3.05) is 26.3 Å². The van der Waals surface area contributed by atoms with Gasteiger partial charge in [0, 0.05) is 0 Å². The lowest BCUT2D eigenvalue weighted by Crippen LogP contribution is -2.46. The second kappa shape index (κ2) is 3.95. The van der Waals surface area contributed by atoms with Crippen LogP contribution in [0.4, 0.5) is 0 Å². The lowest BCUT2D eigenvalue weighted by molar-refractivity contribution is 0.0609. The van der Waals surface area contributed by atoms with Gasteiger partial charge in [-0.1, -0.05) is 6.92 Å². The van der Waals surface area contributed by atoms with Crippen molar-refractivity contribution < 1.29 is 9.84 Å². The number of ether oxygens (including phenoxy) is 1. The van der Waals surface area contributed by atoms with Gasteiger partial charge in [0.1, 0.15) is 0 Å². The lowest BCUT2D eigenvalue weighted by Gasteiger charge is -2.35. The number of rotatable bonds is 1. The first-order chi connectivity index (χ1) is 6.27. The van der Waals surface area contributed by atoms with Gasteiger partial charge in [-0.05, 0) is 31.8 Å². The van der Waals surface area contributed by atoms with E-state index in [1.807, 2.05) is 0 Å². The number of aliphatic hydroxyl groups is 1. The second-order valence-electron chi connectivity index (χ2n) is 4.39. The van der Waals surface area contributed by atoms with Crippen LogP contribution in [0.25, 0.3) is 0 Å². The highest BCUT2D eigenvalue weighted by Crippen LogP contribution is 2.21. The molecule has 3 nitrogen and oxygen atoms in total. The summed E-state index contributed by atoms with van der Waals surface area (Å²) in [5.41, 5.74) is 0. The summed E-state index contributed by atoms with van der Waals surface area (Å²) < 4.78 is 5.26. The van der Waals surface area contributed by atoms with E-state index in [0.717, 1.165) is 25.6 Å². The Morgan fingerprint density at radius 1 is 1.23 bits per heavy atom. The van der Waals surface area contributed by atoms with E-state index in [1.165, 1.54) is 12.8 Å². The van der Waals surface area contributed by atoms with E-state index in [1.54, 1.807) is 0 Å². The molecule has 3 heteroatoms. The lowest BCUT2D eigenvalue weighted by atomic mass is 9.97. The molecule has 0 aromatic carbocycles. The number of piperidine rings is 1. The molecule has 0 bridgehead atoms. The molecule has 0 amide bonds. The van der Waals surface area contributed by atoms with Crippen LogP contribution in [0.5, 0.6) is 0 Å². The third kappa shape index (κ3) is 2.03. The first-order valence-electron chi connectivity index (χ1n) is 5.27. The van der Waals surface area contributed by atoms with E-state index in [2.05, 4.69) is 11.8 Å². The Balaban J connectivity index is 1.86. The highest BCUT2D eigenvalue weighted by Gasteiger charge is 2.32. The zero-order chi connectivity index (χ0) is 9.26. The molecule has 0 aliphatic carbocycles. The van der Waals surface area contributed by atoms with Gasteiger partial charge in [-0.2, -0.15) is 0 Å². The minimum atomic E-state index is -0.256. The Labute approximate surface area is 79.7 Å². The summed E-state index contributed by atoms with van der Waals surface area (Å²) in [6.45, 7) is 5.81. The SMILES string of the molecule is CC1CCN(C2COC[C@H]2O)CC1. The quantitative estimate of drug-likeness (QED) is 0.645. The number of hydrogen-bond donors (Lipinski definition) is 1. The van der Waals surface area contributed by atoms with Crippen LogP contribution in [-0.4, -0.2) is 48.5 Å². The molecule has 2 heterocycles. The molecule has 2 saturated heterocycles. The first kappa shape index (κ1) is 9.44. The standard InChI is InChI=1S/C10H19NO2/c1-8-2-4-11(5-3-8)9-6-13-7-10(9)12/h8-10,12H,2-7H2,1H3/t9?,10-/m1/s1. The molecular formula is C10H19NO2. The minimum Gasteiger partial charge on any atom is -0.389 e. The summed E-state index contributed by atoms with van der Waals surface area (Å²) >= 11 is 0. The maximum atomic E-state index is 9.64. The summed E-state index contributed by atoms with van der Waals surface area (Å²) in [4.78, 5) is 2.39. The van der Waals surface area contributed by atoms with Crippen LogP contribution in [0, 0.1) is 5.92 Å². The van der Waals surface area contributed by atoms with E-state index in [9.17, 15) is 5.11 Å². The van der Waals surface area contributed by atoms with Crippen LogP contribution < -0.4 is 0 Å². The Morgan fingerprint density at radius 3 is 2.46 bits per heavy atom. The van der Waals surface area contributed by atoms with Gasteiger partial charge in [-0.15, -0.1) is 0 Å². The fourth-order valence-electron chi connectivity index (χ4n) is 2.24. The van der Waals surface area contributed by atoms with Crippen molar-refractivity contribution in [1.82, 2.24) is 4.90 Å². The van der Waals surface area contributed by atoms with Crippen molar-refractivity contribution >= 4 is 0 Å². The van der Waals surface area contributed by atoms with E-state index in [0.29, 0.717) is 6.61 Å². The van der Waals surface area contributed by atoms with Crippen molar-refractivity contribution in [2.24, 2.45) is 5.92 Å². The van der Waals surface area contributed by atoms with Crippen molar-refractivity contribution in [3.05, 3.63) is 0 Å². The minimum absolute atomic E-state index is 0.256. The summed E-state index contributed by atoms with van der Waals surface area (Å²) in [6, 6.07) is 0.271. The van der Waals surface area contributed by atoms with Gasteiger partial charge >= 0.3 is 0 Å². The third-order valence-corrected chi connectivity index (χ3v) is 3.31. The van der Waals surface area contributed by atoms with Gasteiger partial charge in [0.25, 0.3) is 0 Å². The zero-order valence-electron chi connectivity index (χ0n) is 8.28.